The zero-order valence-electron chi connectivity index (χ0n) is 9.07. The molecule has 1 aromatic carbocycles. The van der Waals surface area contributed by atoms with Crippen LogP contribution in [0.2, 0.25) is 5.02 Å². The van der Waals surface area contributed by atoms with Gasteiger partial charge in [0.15, 0.2) is 5.82 Å². The van der Waals surface area contributed by atoms with Crippen LogP contribution in [0.3, 0.4) is 0 Å². The molecule has 2 aromatic rings. The number of benzene rings is 1. The molecule has 1 N–H and O–H groups in total. The van der Waals surface area contributed by atoms with Crippen molar-refractivity contribution >= 4 is 28.3 Å². The average molecular weight is 237 g/mol. The smallest absolute Gasteiger partial charge is 0.160 e. The first kappa shape index (κ1) is 11.1. The molecule has 0 aliphatic carbocycles. The minimum Gasteiger partial charge on any atom is -0.368 e. The van der Waals surface area contributed by atoms with Gasteiger partial charge in [0.2, 0.25) is 0 Å². The summed E-state index contributed by atoms with van der Waals surface area (Å²) in [5, 5.41) is 16.5. The molecule has 0 aliphatic heterocycles. The normalized spacial score (nSPS) is 10.6. The van der Waals surface area contributed by atoms with Gasteiger partial charge in [-0.15, -0.1) is 10.2 Å². The molecule has 0 radical (unpaired) electrons. The van der Waals surface area contributed by atoms with Gasteiger partial charge >= 0.3 is 0 Å². The summed E-state index contributed by atoms with van der Waals surface area (Å²) in [5.41, 5.74) is 0.804. The molecular formula is C11H13ClN4. The van der Waals surface area contributed by atoms with Crippen LogP contribution in [0, 0.1) is 0 Å². The average Bonchev–Trinajstić information content (AvgIpc) is 2.30. The maximum absolute atomic E-state index is 5.95. The lowest BCUT2D eigenvalue weighted by Gasteiger charge is -2.06. The minimum absolute atomic E-state index is 0.681. The van der Waals surface area contributed by atoms with E-state index in [1.807, 2.05) is 12.1 Å². The molecule has 0 unspecified atom stereocenters. The first-order chi connectivity index (χ1) is 7.81. The number of nitrogens with one attached hydrogen (secondary N) is 1. The Morgan fingerprint density at radius 3 is 3.00 bits per heavy atom. The van der Waals surface area contributed by atoms with E-state index in [9.17, 15) is 0 Å². The number of nitrogens with zero attached hydrogens (tertiary/aromatic N) is 3. The van der Waals surface area contributed by atoms with Gasteiger partial charge < -0.3 is 5.32 Å². The summed E-state index contributed by atoms with van der Waals surface area (Å²) in [4.78, 5) is 0. The summed E-state index contributed by atoms with van der Waals surface area (Å²) in [6, 6.07) is 5.50. The van der Waals surface area contributed by atoms with Crippen LogP contribution in [0.15, 0.2) is 18.2 Å². The highest BCUT2D eigenvalue weighted by atomic mass is 35.5. The van der Waals surface area contributed by atoms with Crippen LogP contribution in [-0.4, -0.2) is 22.0 Å². The fourth-order valence-corrected chi connectivity index (χ4v) is 1.64. The Kier molecular flexibility index (Phi) is 3.51. The molecule has 5 heteroatoms. The standard InChI is InChI=1S/C11H13ClN4/c1-2-3-6-13-11-9-7-8(12)4-5-10(9)14-16-15-11/h4-5,7H,2-3,6H2,1H3,(H,13,14,15). The maximum Gasteiger partial charge on any atom is 0.160 e. The van der Waals surface area contributed by atoms with E-state index >= 15 is 0 Å². The molecule has 84 valence electrons. The molecule has 0 amide bonds. The van der Waals surface area contributed by atoms with Gasteiger partial charge in [0.05, 0.1) is 5.52 Å². The second-order valence-corrected chi connectivity index (χ2v) is 4.02. The van der Waals surface area contributed by atoms with Gasteiger partial charge in [0.25, 0.3) is 0 Å². The summed E-state index contributed by atoms with van der Waals surface area (Å²) in [5.74, 6) is 0.751. The Morgan fingerprint density at radius 2 is 2.19 bits per heavy atom. The first-order valence-corrected chi connectivity index (χ1v) is 5.71. The number of rotatable bonds is 4. The first-order valence-electron chi connectivity index (χ1n) is 5.33. The van der Waals surface area contributed by atoms with Gasteiger partial charge in [-0.3, -0.25) is 0 Å². The predicted molar refractivity (Wildman–Crippen MR) is 65.7 cm³/mol. The maximum atomic E-state index is 5.95. The molecule has 0 atom stereocenters. The van der Waals surface area contributed by atoms with Crippen LogP contribution in [0.4, 0.5) is 5.82 Å². The van der Waals surface area contributed by atoms with E-state index in [-0.39, 0.29) is 0 Å². The van der Waals surface area contributed by atoms with Crippen LogP contribution in [0.1, 0.15) is 19.8 Å². The fourth-order valence-electron chi connectivity index (χ4n) is 1.47. The molecule has 0 saturated carbocycles. The second kappa shape index (κ2) is 5.07. The molecule has 1 aromatic heterocycles. The number of halogens is 1. The lowest BCUT2D eigenvalue weighted by molar-refractivity contribution is 0.820. The number of hydrogen-bond acceptors (Lipinski definition) is 4. The van der Waals surface area contributed by atoms with E-state index in [4.69, 9.17) is 11.6 Å². The lowest BCUT2D eigenvalue weighted by Crippen LogP contribution is -2.05. The van der Waals surface area contributed by atoms with Gasteiger partial charge in [-0.25, -0.2) is 0 Å². The molecule has 16 heavy (non-hydrogen) atoms. The van der Waals surface area contributed by atoms with E-state index in [0.29, 0.717) is 5.02 Å². The number of hydrogen-bond donors (Lipinski definition) is 1. The van der Waals surface area contributed by atoms with E-state index in [1.54, 1.807) is 6.07 Å². The van der Waals surface area contributed by atoms with Crippen molar-refractivity contribution < 1.29 is 0 Å². The molecule has 1 heterocycles. The topological polar surface area (TPSA) is 50.7 Å². The van der Waals surface area contributed by atoms with Crippen molar-refractivity contribution in [3.05, 3.63) is 23.2 Å². The van der Waals surface area contributed by atoms with Crippen molar-refractivity contribution in [3.63, 3.8) is 0 Å². The second-order valence-electron chi connectivity index (χ2n) is 3.58. The van der Waals surface area contributed by atoms with Gasteiger partial charge in [-0.1, -0.05) is 24.9 Å². The Hall–Kier alpha value is -1.42. The SMILES string of the molecule is CCCCNc1nnnc2ccc(Cl)cc12. The highest BCUT2D eigenvalue weighted by Crippen LogP contribution is 2.22. The van der Waals surface area contributed by atoms with Crippen LogP contribution in [-0.2, 0) is 0 Å². The van der Waals surface area contributed by atoms with E-state index < -0.39 is 0 Å². The highest BCUT2D eigenvalue weighted by Gasteiger charge is 2.04. The lowest BCUT2D eigenvalue weighted by atomic mass is 10.2. The Labute approximate surface area is 99.0 Å². The van der Waals surface area contributed by atoms with E-state index in [0.717, 1.165) is 36.1 Å². The van der Waals surface area contributed by atoms with Crippen LogP contribution in [0.25, 0.3) is 10.9 Å². The Balaban J connectivity index is 2.32. The summed E-state index contributed by atoms with van der Waals surface area (Å²) in [6.07, 6.45) is 2.25. The van der Waals surface area contributed by atoms with Crippen LogP contribution >= 0.6 is 11.6 Å². The number of unbranched alkanes of at least 4 members (excludes halogenated alkanes) is 1. The predicted octanol–water partition coefficient (Wildman–Crippen LogP) is 2.89. The third-order valence-corrected chi connectivity index (χ3v) is 2.57. The van der Waals surface area contributed by atoms with E-state index in [2.05, 4.69) is 27.7 Å². The quantitative estimate of drug-likeness (QED) is 0.830. The van der Waals surface area contributed by atoms with Crippen LogP contribution in [0.5, 0.6) is 0 Å². The third-order valence-electron chi connectivity index (χ3n) is 2.33. The molecule has 0 aliphatic rings. The van der Waals surface area contributed by atoms with Crippen molar-refractivity contribution in [1.82, 2.24) is 15.4 Å². The summed E-state index contributed by atoms with van der Waals surface area (Å²) in [6.45, 7) is 3.03. The third kappa shape index (κ3) is 2.39. The van der Waals surface area contributed by atoms with Gasteiger partial charge in [-0.05, 0) is 29.8 Å². The number of anilines is 1. The monoisotopic (exact) mass is 236 g/mol. The molecule has 0 spiro atoms. The number of fused-ring (bicyclic) bond motifs is 1. The Morgan fingerprint density at radius 1 is 1.31 bits per heavy atom. The molecule has 0 fully saturated rings. The fraction of sp³-hybridized carbons (Fsp3) is 0.364. The molecule has 0 bridgehead atoms. The molecule has 4 nitrogen and oxygen atoms in total. The zero-order valence-corrected chi connectivity index (χ0v) is 9.83. The molecule has 2 rings (SSSR count). The van der Waals surface area contributed by atoms with Gasteiger partial charge in [0, 0.05) is 17.0 Å². The van der Waals surface area contributed by atoms with Gasteiger partial charge in [-0.2, -0.15) is 0 Å². The highest BCUT2D eigenvalue weighted by molar-refractivity contribution is 6.31. The van der Waals surface area contributed by atoms with Crippen molar-refractivity contribution in [2.45, 2.75) is 19.8 Å². The minimum atomic E-state index is 0.681. The molecular weight excluding hydrogens is 224 g/mol. The van der Waals surface area contributed by atoms with Crippen molar-refractivity contribution in [2.24, 2.45) is 0 Å². The summed E-state index contributed by atoms with van der Waals surface area (Å²) in [7, 11) is 0. The van der Waals surface area contributed by atoms with Crippen LogP contribution < -0.4 is 5.32 Å². The van der Waals surface area contributed by atoms with Crippen molar-refractivity contribution in [3.8, 4) is 0 Å². The van der Waals surface area contributed by atoms with Crippen molar-refractivity contribution in [1.29, 1.82) is 0 Å². The Bertz CT molecular complexity index is 486. The van der Waals surface area contributed by atoms with E-state index in [1.165, 1.54) is 0 Å². The van der Waals surface area contributed by atoms with Gasteiger partial charge in [0.1, 0.15) is 0 Å². The summed E-state index contributed by atoms with van der Waals surface area (Å²) < 4.78 is 0. The zero-order chi connectivity index (χ0) is 11.4. The summed E-state index contributed by atoms with van der Waals surface area (Å²) >= 11 is 5.95. The number of aromatic nitrogens is 3. The largest absolute Gasteiger partial charge is 0.368 e. The molecule has 0 saturated heterocycles. The van der Waals surface area contributed by atoms with Crippen molar-refractivity contribution in [2.75, 3.05) is 11.9 Å².